The zero-order valence-corrected chi connectivity index (χ0v) is 12.9. The zero-order valence-electron chi connectivity index (χ0n) is 12.9. The molecule has 0 aliphatic heterocycles. The van der Waals surface area contributed by atoms with E-state index in [1.807, 2.05) is 19.0 Å². The number of benzene rings is 1. The van der Waals surface area contributed by atoms with Crippen molar-refractivity contribution in [3.8, 4) is 17.2 Å². The van der Waals surface area contributed by atoms with Crippen LogP contribution >= 0.6 is 0 Å². The van der Waals surface area contributed by atoms with E-state index in [0.29, 0.717) is 13.2 Å². The number of unbranched alkanes of at least 4 members (excludes halogenated alkanes) is 4. The summed E-state index contributed by atoms with van der Waals surface area (Å²) in [6, 6.07) is 3.29. The fraction of sp³-hybridized carbons (Fsp3) is 0.625. The molecule has 0 heterocycles. The van der Waals surface area contributed by atoms with Crippen LogP contribution < -0.4 is 4.74 Å². The van der Waals surface area contributed by atoms with Gasteiger partial charge in [-0.05, 0) is 38.2 Å². The molecule has 20 heavy (non-hydrogen) atoms. The molecule has 0 radical (unpaired) electrons. The highest BCUT2D eigenvalue weighted by molar-refractivity contribution is 5.52. The number of phenols is 2. The first-order valence-corrected chi connectivity index (χ1v) is 7.37. The third-order valence-corrected chi connectivity index (χ3v) is 3.10. The Morgan fingerprint density at radius 1 is 1.00 bits per heavy atom. The second-order valence-corrected chi connectivity index (χ2v) is 5.46. The van der Waals surface area contributed by atoms with Crippen LogP contribution in [-0.2, 0) is 6.54 Å². The second-order valence-electron chi connectivity index (χ2n) is 5.46. The van der Waals surface area contributed by atoms with Crippen molar-refractivity contribution in [2.45, 2.75) is 45.6 Å². The molecule has 0 atom stereocenters. The number of aromatic hydroxyl groups is 2. The van der Waals surface area contributed by atoms with Gasteiger partial charge in [0.2, 0.25) is 5.75 Å². The van der Waals surface area contributed by atoms with Crippen molar-refractivity contribution in [2.75, 3.05) is 20.7 Å². The average molecular weight is 281 g/mol. The number of phenolic OH excluding ortho intramolecular Hbond substituents is 2. The molecule has 0 saturated heterocycles. The van der Waals surface area contributed by atoms with Crippen LogP contribution in [0.4, 0.5) is 0 Å². The minimum Gasteiger partial charge on any atom is -0.504 e. The van der Waals surface area contributed by atoms with Crippen molar-refractivity contribution >= 4 is 0 Å². The van der Waals surface area contributed by atoms with Crippen molar-refractivity contribution in [3.63, 3.8) is 0 Å². The molecule has 0 aliphatic carbocycles. The quantitative estimate of drug-likeness (QED) is 0.680. The maximum Gasteiger partial charge on any atom is 0.203 e. The van der Waals surface area contributed by atoms with Gasteiger partial charge in [0.1, 0.15) is 0 Å². The van der Waals surface area contributed by atoms with Crippen LogP contribution in [0.1, 0.15) is 44.6 Å². The first-order chi connectivity index (χ1) is 9.54. The van der Waals surface area contributed by atoms with Crippen LogP contribution in [0.25, 0.3) is 0 Å². The van der Waals surface area contributed by atoms with Gasteiger partial charge in [-0.3, -0.25) is 0 Å². The Hall–Kier alpha value is -1.42. The maximum absolute atomic E-state index is 9.92. The molecule has 1 aromatic rings. The molecule has 0 fully saturated rings. The van der Waals surface area contributed by atoms with Gasteiger partial charge >= 0.3 is 0 Å². The molecule has 114 valence electrons. The topological polar surface area (TPSA) is 52.9 Å². The van der Waals surface area contributed by atoms with E-state index in [1.165, 1.54) is 19.3 Å². The summed E-state index contributed by atoms with van der Waals surface area (Å²) in [7, 11) is 3.88. The Kier molecular flexibility index (Phi) is 7.23. The third kappa shape index (κ3) is 5.70. The van der Waals surface area contributed by atoms with Crippen molar-refractivity contribution in [2.24, 2.45) is 0 Å². The van der Waals surface area contributed by atoms with Crippen LogP contribution in [0, 0.1) is 0 Å². The third-order valence-electron chi connectivity index (χ3n) is 3.10. The fourth-order valence-corrected chi connectivity index (χ4v) is 2.14. The molecule has 0 aliphatic rings. The minimum absolute atomic E-state index is 0.00964. The van der Waals surface area contributed by atoms with Crippen LogP contribution in [-0.4, -0.2) is 35.8 Å². The summed E-state index contributed by atoms with van der Waals surface area (Å²) in [5.74, 6) is 0.216. The highest BCUT2D eigenvalue weighted by atomic mass is 16.5. The van der Waals surface area contributed by atoms with Crippen LogP contribution in [0.3, 0.4) is 0 Å². The molecule has 2 N–H and O–H groups in total. The SMILES string of the molecule is CCCCCCCOc1c(O)cc(CN(C)C)cc1O. The van der Waals surface area contributed by atoms with Crippen molar-refractivity contribution in [1.82, 2.24) is 4.90 Å². The van der Waals surface area contributed by atoms with E-state index < -0.39 is 0 Å². The second kappa shape index (κ2) is 8.69. The van der Waals surface area contributed by atoms with Crippen LogP contribution in [0.15, 0.2) is 12.1 Å². The number of ether oxygens (including phenoxy) is 1. The normalized spacial score (nSPS) is 11.0. The smallest absolute Gasteiger partial charge is 0.203 e. The predicted molar refractivity (Wildman–Crippen MR) is 81.4 cm³/mol. The summed E-state index contributed by atoms with van der Waals surface area (Å²) in [5, 5.41) is 19.8. The Balaban J connectivity index is 2.49. The van der Waals surface area contributed by atoms with Crippen molar-refractivity contribution in [1.29, 1.82) is 0 Å². The van der Waals surface area contributed by atoms with Gasteiger partial charge < -0.3 is 19.8 Å². The molecular formula is C16H27NO3. The molecule has 0 spiro atoms. The Labute approximate surface area is 122 Å². The van der Waals surface area contributed by atoms with Crippen molar-refractivity contribution in [3.05, 3.63) is 17.7 Å². The van der Waals surface area contributed by atoms with E-state index in [2.05, 4.69) is 6.92 Å². The standard InChI is InChI=1S/C16H27NO3/c1-4-5-6-7-8-9-20-16-14(18)10-13(11-15(16)19)12-17(2)3/h10-11,18-19H,4-9,12H2,1-3H3. The van der Waals surface area contributed by atoms with E-state index in [4.69, 9.17) is 4.74 Å². The van der Waals surface area contributed by atoms with Gasteiger partial charge in [-0.15, -0.1) is 0 Å². The number of hydrogen-bond acceptors (Lipinski definition) is 4. The van der Waals surface area contributed by atoms with E-state index in [-0.39, 0.29) is 17.2 Å². The van der Waals surface area contributed by atoms with E-state index in [0.717, 1.165) is 18.4 Å². The van der Waals surface area contributed by atoms with E-state index >= 15 is 0 Å². The lowest BCUT2D eigenvalue weighted by Gasteiger charge is -2.14. The predicted octanol–water partition coefficient (Wildman–Crippen LogP) is 3.51. The van der Waals surface area contributed by atoms with Gasteiger partial charge in [0.05, 0.1) is 6.61 Å². The molecule has 0 bridgehead atoms. The summed E-state index contributed by atoms with van der Waals surface area (Å²) < 4.78 is 5.49. The summed E-state index contributed by atoms with van der Waals surface area (Å²) in [6.45, 7) is 3.37. The molecule has 4 heteroatoms. The molecule has 4 nitrogen and oxygen atoms in total. The van der Waals surface area contributed by atoms with Crippen LogP contribution in [0.2, 0.25) is 0 Å². The number of rotatable bonds is 9. The lowest BCUT2D eigenvalue weighted by atomic mass is 10.1. The highest BCUT2D eigenvalue weighted by Gasteiger charge is 2.11. The zero-order chi connectivity index (χ0) is 15.0. The minimum atomic E-state index is 0.00964. The van der Waals surface area contributed by atoms with Gasteiger partial charge in [-0.25, -0.2) is 0 Å². The molecule has 1 aromatic carbocycles. The van der Waals surface area contributed by atoms with Gasteiger partial charge in [-0.1, -0.05) is 32.6 Å². The van der Waals surface area contributed by atoms with Gasteiger partial charge in [0, 0.05) is 6.54 Å². The average Bonchev–Trinajstić information content (AvgIpc) is 2.35. The molecule has 0 unspecified atom stereocenters. The molecule has 0 saturated carbocycles. The van der Waals surface area contributed by atoms with E-state index in [9.17, 15) is 10.2 Å². The lowest BCUT2D eigenvalue weighted by molar-refractivity contribution is 0.273. The fourth-order valence-electron chi connectivity index (χ4n) is 2.14. The summed E-state index contributed by atoms with van der Waals surface area (Å²) in [5.41, 5.74) is 0.861. The Morgan fingerprint density at radius 3 is 2.15 bits per heavy atom. The molecule has 1 rings (SSSR count). The van der Waals surface area contributed by atoms with Crippen molar-refractivity contribution < 1.29 is 14.9 Å². The Morgan fingerprint density at radius 2 is 1.60 bits per heavy atom. The van der Waals surface area contributed by atoms with Gasteiger partial charge in [0.25, 0.3) is 0 Å². The molecule has 0 amide bonds. The monoisotopic (exact) mass is 281 g/mol. The van der Waals surface area contributed by atoms with E-state index in [1.54, 1.807) is 12.1 Å². The number of nitrogens with zero attached hydrogens (tertiary/aromatic N) is 1. The maximum atomic E-state index is 9.92. The van der Waals surface area contributed by atoms with Crippen LogP contribution in [0.5, 0.6) is 17.2 Å². The summed E-state index contributed by atoms with van der Waals surface area (Å²) >= 11 is 0. The first kappa shape index (κ1) is 16.6. The molecule has 0 aromatic heterocycles. The first-order valence-electron chi connectivity index (χ1n) is 7.37. The lowest BCUT2D eigenvalue weighted by Crippen LogP contribution is -2.10. The Bertz CT molecular complexity index is 382. The summed E-state index contributed by atoms with van der Waals surface area (Å²) in [6.07, 6.45) is 5.73. The highest BCUT2D eigenvalue weighted by Crippen LogP contribution is 2.37. The number of hydrogen-bond donors (Lipinski definition) is 2. The van der Waals surface area contributed by atoms with Gasteiger partial charge in [-0.2, -0.15) is 0 Å². The molecular weight excluding hydrogens is 254 g/mol. The summed E-state index contributed by atoms with van der Waals surface area (Å²) in [4.78, 5) is 1.97. The largest absolute Gasteiger partial charge is 0.504 e. The van der Waals surface area contributed by atoms with Gasteiger partial charge in [0.15, 0.2) is 11.5 Å².